The van der Waals surface area contributed by atoms with Crippen molar-refractivity contribution in [2.75, 3.05) is 10.9 Å². The van der Waals surface area contributed by atoms with Crippen LogP contribution in [0.2, 0.25) is 20.1 Å². The van der Waals surface area contributed by atoms with E-state index < -0.39 is 0 Å². The predicted octanol–water partition coefficient (Wildman–Crippen LogP) is 7.14. The average molecular weight is 504 g/mol. The molecule has 3 aromatic carbocycles. The van der Waals surface area contributed by atoms with Crippen molar-refractivity contribution in [3.8, 4) is 0 Å². The number of rotatable bonds is 6. The summed E-state index contributed by atoms with van der Waals surface area (Å²) in [6, 6.07) is 18.1. The quantitative estimate of drug-likeness (QED) is 0.216. The van der Waals surface area contributed by atoms with Crippen LogP contribution < -0.4 is 10.9 Å². The van der Waals surface area contributed by atoms with Crippen LogP contribution in [0.25, 0.3) is 10.8 Å². The number of hydrazone groups is 2. The van der Waals surface area contributed by atoms with Crippen LogP contribution in [0.4, 0.5) is 11.6 Å². The summed E-state index contributed by atoms with van der Waals surface area (Å²) in [6.07, 6.45) is 3.23. The summed E-state index contributed by atoms with van der Waals surface area (Å²) in [6.45, 7) is 0. The van der Waals surface area contributed by atoms with E-state index in [0.29, 0.717) is 31.7 Å². The molecule has 0 aliphatic rings. The number of fused-ring (bicyclic) bond motifs is 1. The molecule has 0 saturated carbocycles. The summed E-state index contributed by atoms with van der Waals surface area (Å²) >= 11 is 23.9. The molecule has 4 rings (SSSR count). The third-order valence-corrected chi connectivity index (χ3v) is 5.82. The number of aromatic nitrogens is 2. The second-order valence-corrected chi connectivity index (χ2v) is 8.16. The normalized spacial score (nSPS) is 11.5. The van der Waals surface area contributed by atoms with Gasteiger partial charge in [0.15, 0.2) is 11.6 Å². The fourth-order valence-corrected chi connectivity index (χ4v) is 3.40. The van der Waals surface area contributed by atoms with Gasteiger partial charge in [-0.3, -0.25) is 10.9 Å². The fraction of sp³-hybridized carbons (Fsp3) is 0. The number of halogens is 4. The van der Waals surface area contributed by atoms with Crippen LogP contribution >= 0.6 is 46.4 Å². The first-order valence-corrected chi connectivity index (χ1v) is 10.8. The highest BCUT2D eigenvalue weighted by atomic mass is 35.5. The zero-order chi connectivity index (χ0) is 22.5. The summed E-state index contributed by atoms with van der Waals surface area (Å²) < 4.78 is 0. The molecule has 0 unspecified atom stereocenters. The Labute approximate surface area is 203 Å². The maximum absolute atomic E-state index is 6.03. The molecule has 1 heterocycles. The van der Waals surface area contributed by atoms with Crippen LogP contribution in [0.3, 0.4) is 0 Å². The number of nitrogens with one attached hydrogen (secondary N) is 2. The SMILES string of the molecule is Clc1ccc(C=NNc2nnc(NN=Cc3ccc(Cl)c(Cl)c3)c3ccccc23)cc1Cl. The Morgan fingerprint density at radius 3 is 1.44 bits per heavy atom. The Morgan fingerprint density at radius 1 is 0.594 bits per heavy atom. The lowest BCUT2D eigenvalue weighted by Crippen LogP contribution is -2.01. The highest BCUT2D eigenvalue weighted by Crippen LogP contribution is 2.26. The van der Waals surface area contributed by atoms with Crippen LogP contribution in [-0.2, 0) is 0 Å². The van der Waals surface area contributed by atoms with Crippen LogP contribution in [0.5, 0.6) is 0 Å². The third kappa shape index (κ3) is 5.29. The van der Waals surface area contributed by atoms with Crippen molar-refractivity contribution < 1.29 is 0 Å². The zero-order valence-corrected chi connectivity index (χ0v) is 19.3. The summed E-state index contributed by atoms with van der Waals surface area (Å²) in [4.78, 5) is 0. The van der Waals surface area contributed by atoms with E-state index in [0.717, 1.165) is 21.9 Å². The van der Waals surface area contributed by atoms with E-state index in [2.05, 4.69) is 31.3 Å². The van der Waals surface area contributed by atoms with Crippen LogP contribution in [-0.4, -0.2) is 22.6 Å². The smallest absolute Gasteiger partial charge is 0.176 e. The van der Waals surface area contributed by atoms with E-state index in [9.17, 15) is 0 Å². The molecule has 0 saturated heterocycles. The van der Waals surface area contributed by atoms with Crippen molar-refractivity contribution in [2.45, 2.75) is 0 Å². The van der Waals surface area contributed by atoms with Gasteiger partial charge in [0.2, 0.25) is 0 Å². The molecule has 1 aromatic heterocycles. The van der Waals surface area contributed by atoms with Crippen molar-refractivity contribution in [2.24, 2.45) is 10.2 Å². The number of nitrogens with zero attached hydrogens (tertiary/aromatic N) is 4. The molecule has 10 heteroatoms. The van der Waals surface area contributed by atoms with E-state index in [-0.39, 0.29) is 0 Å². The van der Waals surface area contributed by atoms with E-state index >= 15 is 0 Å². The number of hydrogen-bond acceptors (Lipinski definition) is 6. The molecule has 4 aromatic rings. The lowest BCUT2D eigenvalue weighted by molar-refractivity contribution is 1.03. The third-order valence-electron chi connectivity index (χ3n) is 4.34. The van der Waals surface area contributed by atoms with Crippen LogP contribution in [0.15, 0.2) is 70.9 Å². The minimum atomic E-state index is 0.456. The van der Waals surface area contributed by atoms with Gasteiger partial charge in [0.1, 0.15) is 0 Å². The molecule has 6 nitrogen and oxygen atoms in total. The molecular formula is C22H14Cl4N6. The lowest BCUT2D eigenvalue weighted by atomic mass is 10.2. The Bertz CT molecular complexity index is 1240. The fourth-order valence-electron chi connectivity index (χ4n) is 2.79. The van der Waals surface area contributed by atoms with Crippen molar-refractivity contribution in [3.63, 3.8) is 0 Å². The summed E-state index contributed by atoms with van der Waals surface area (Å²) in [5.74, 6) is 0.992. The van der Waals surface area contributed by atoms with E-state index in [4.69, 9.17) is 46.4 Å². The highest BCUT2D eigenvalue weighted by molar-refractivity contribution is 6.42. The number of anilines is 2. The first kappa shape index (κ1) is 22.3. The molecule has 0 aliphatic carbocycles. The van der Waals surface area contributed by atoms with Crippen molar-refractivity contribution in [1.29, 1.82) is 0 Å². The van der Waals surface area contributed by atoms with Crippen molar-refractivity contribution in [1.82, 2.24) is 10.2 Å². The van der Waals surface area contributed by atoms with Gasteiger partial charge < -0.3 is 0 Å². The van der Waals surface area contributed by atoms with Gasteiger partial charge in [0, 0.05) is 10.8 Å². The van der Waals surface area contributed by atoms with Gasteiger partial charge in [-0.2, -0.15) is 10.2 Å². The molecule has 0 radical (unpaired) electrons. The van der Waals surface area contributed by atoms with Gasteiger partial charge in [-0.15, -0.1) is 10.2 Å². The van der Waals surface area contributed by atoms with Gasteiger partial charge in [-0.25, -0.2) is 0 Å². The molecule has 0 spiro atoms. The van der Waals surface area contributed by atoms with Gasteiger partial charge >= 0.3 is 0 Å². The number of benzene rings is 3. The van der Waals surface area contributed by atoms with Crippen molar-refractivity contribution in [3.05, 3.63) is 91.9 Å². The van der Waals surface area contributed by atoms with Gasteiger partial charge in [0.05, 0.1) is 32.5 Å². The molecular weight excluding hydrogens is 490 g/mol. The largest absolute Gasteiger partial charge is 0.259 e. The van der Waals surface area contributed by atoms with E-state index in [1.807, 2.05) is 36.4 Å². The van der Waals surface area contributed by atoms with E-state index in [1.54, 1.807) is 36.7 Å². The summed E-state index contributed by atoms with van der Waals surface area (Å²) in [5.41, 5.74) is 7.42. The minimum absolute atomic E-state index is 0.456. The Hall–Kier alpha value is -2.90. The van der Waals surface area contributed by atoms with E-state index in [1.165, 1.54) is 0 Å². The van der Waals surface area contributed by atoms with Gasteiger partial charge in [-0.1, -0.05) is 82.8 Å². The highest BCUT2D eigenvalue weighted by Gasteiger charge is 2.08. The summed E-state index contributed by atoms with van der Waals surface area (Å²) in [7, 11) is 0. The van der Waals surface area contributed by atoms with Gasteiger partial charge in [-0.05, 0) is 35.4 Å². The monoisotopic (exact) mass is 502 g/mol. The second-order valence-electron chi connectivity index (χ2n) is 6.53. The molecule has 0 aliphatic heterocycles. The Balaban J connectivity index is 1.53. The topological polar surface area (TPSA) is 74.6 Å². The first-order valence-electron chi connectivity index (χ1n) is 9.25. The zero-order valence-electron chi connectivity index (χ0n) is 16.2. The molecule has 0 atom stereocenters. The standard InChI is InChI=1S/C22H14Cl4N6/c23-17-7-5-13(9-19(17)25)11-27-29-21-15-3-1-2-4-16(15)22(32-31-21)30-28-12-14-6-8-18(24)20(26)10-14/h1-12H,(H,29,31)(H,30,32). The lowest BCUT2D eigenvalue weighted by Gasteiger charge is -2.08. The minimum Gasteiger partial charge on any atom is -0.259 e. The predicted molar refractivity (Wildman–Crippen MR) is 135 cm³/mol. The molecule has 32 heavy (non-hydrogen) atoms. The van der Waals surface area contributed by atoms with Gasteiger partial charge in [0.25, 0.3) is 0 Å². The molecule has 0 amide bonds. The number of hydrogen-bond donors (Lipinski definition) is 2. The van der Waals surface area contributed by atoms with Crippen molar-refractivity contribution >= 4 is 81.2 Å². The Morgan fingerprint density at radius 2 is 1.03 bits per heavy atom. The molecule has 160 valence electrons. The second kappa shape index (κ2) is 10.1. The van der Waals surface area contributed by atoms with Crippen LogP contribution in [0.1, 0.15) is 11.1 Å². The Kier molecular flexibility index (Phi) is 7.07. The van der Waals surface area contributed by atoms with Crippen LogP contribution in [0, 0.1) is 0 Å². The molecule has 2 N–H and O–H groups in total. The maximum atomic E-state index is 6.03. The average Bonchev–Trinajstić information content (AvgIpc) is 2.79. The molecule has 0 fully saturated rings. The maximum Gasteiger partial charge on any atom is 0.176 e. The molecule has 0 bridgehead atoms. The summed E-state index contributed by atoms with van der Waals surface area (Å²) in [5, 5.41) is 20.4. The first-order chi connectivity index (χ1) is 15.5.